The van der Waals surface area contributed by atoms with E-state index < -0.39 is 53.4 Å². The highest BCUT2D eigenvalue weighted by Gasteiger charge is 2.27. The number of nitrogens with two attached hydrogens (primary N) is 2. The maximum absolute atomic E-state index is 12.9. The fraction of sp³-hybridized carbons (Fsp3) is 0.550. The molecule has 0 bridgehead atoms. The first kappa shape index (κ1) is 29.7. The average molecular weight is 515 g/mol. The van der Waals surface area contributed by atoms with E-state index in [0.717, 1.165) is 0 Å². The Morgan fingerprint density at radius 3 is 2.43 bits per heavy atom. The molecule has 194 valence electrons. The van der Waals surface area contributed by atoms with Crippen molar-refractivity contribution >= 4 is 46.4 Å². The molecule has 1 aromatic rings. The summed E-state index contributed by atoms with van der Waals surface area (Å²) in [7, 11) is 0. The van der Waals surface area contributed by atoms with E-state index in [-0.39, 0.29) is 50.2 Å². The molecule has 1 aromatic heterocycles. The number of hydrogen-bond acceptors (Lipinski definition) is 10. The van der Waals surface area contributed by atoms with E-state index in [9.17, 15) is 28.8 Å². The Kier molecular flexibility index (Phi) is 13.2. The Hall–Kier alpha value is -3.30. The maximum atomic E-state index is 12.9. The third-order valence-corrected chi connectivity index (χ3v) is 5.83. The van der Waals surface area contributed by atoms with Gasteiger partial charge in [0.05, 0.1) is 6.33 Å². The number of carboxylic acids is 2. The average Bonchev–Trinajstić information content (AvgIpc) is 3.31. The quantitative estimate of drug-likeness (QED) is 0.119. The van der Waals surface area contributed by atoms with Crippen molar-refractivity contribution in [3.05, 3.63) is 18.2 Å². The molecule has 0 aliphatic rings. The number of carboxylic acid groups (broad SMARTS) is 2. The highest BCUT2D eigenvalue weighted by Crippen LogP contribution is 2.21. The molecule has 0 aromatic carbocycles. The molecule has 1 rings (SSSR count). The van der Waals surface area contributed by atoms with Crippen molar-refractivity contribution in [1.82, 2.24) is 20.6 Å². The lowest BCUT2D eigenvalue weighted by Gasteiger charge is -2.19. The van der Waals surface area contributed by atoms with Gasteiger partial charge in [0.15, 0.2) is 5.12 Å². The van der Waals surface area contributed by atoms with Crippen molar-refractivity contribution < 1.29 is 39.0 Å². The van der Waals surface area contributed by atoms with E-state index in [1.165, 1.54) is 12.5 Å². The van der Waals surface area contributed by atoms with Crippen LogP contribution in [0.15, 0.2) is 12.5 Å². The van der Waals surface area contributed by atoms with Crippen molar-refractivity contribution in [2.75, 3.05) is 18.8 Å². The molecule has 0 saturated carbocycles. The summed E-state index contributed by atoms with van der Waals surface area (Å²) in [5.74, 6) is -5.33. The molecular weight excluding hydrogens is 484 g/mol. The number of rotatable bonds is 17. The second-order valence-corrected chi connectivity index (χ2v) is 8.63. The van der Waals surface area contributed by atoms with Crippen LogP contribution < -0.4 is 22.1 Å². The standard InChI is InChI=1S/C20H30N6O8S/c21-4-3-13(27)6-11(5-12-7-23-10-25-12)20(34)35-9-15(18(31)24-8-17(29)30)26-16(28)2-1-14(22)19(32)33/h7,10-11,14-15H,1-6,8-9,21-22H2,(H,23,25)(H,24,31)(H,26,28)(H,29,30)(H,32,33)/t11-,14?,15?/m1/s1. The molecule has 0 aliphatic carbocycles. The highest BCUT2D eigenvalue weighted by molar-refractivity contribution is 8.13. The smallest absolute Gasteiger partial charge is 0.322 e. The first-order valence-corrected chi connectivity index (χ1v) is 11.6. The van der Waals surface area contributed by atoms with Gasteiger partial charge in [-0.1, -0.05) is 11.8 Å². The van der Waals surface area contributed by atoms with Gasteiger partial charge in [-0.05, 0) is 13.0 Å². The van der Waals surface area contributed by atoms with Crippen LogP contribution in [0.2, 0.25) is 0 Å². The summed E-state index contributed by atoms with van der Waals surface area (Å²) in [4.78, 5) is 78.0. The van der Waals surface area contributed by atoms with Gasteiger partial charge in [0.25, 0.3) is 0 Å². The normalized spacial score (nSPS) is 13.3. The van der Waals surface area contributed by atoms with Crippen molar-refractivity contribution in [2.45, 2.75) is 44.2 Å². The molecular formula is C20H30N6O8S. The first-order valence-electron chi connectivity index (χ1n) is 10.7. The number of imidazole rings is 1. The molecule has 2 amide bonds. The largest absolute Gasteiger partial charge is 0.480 e. The number of hydrogen-bond donors (Lipinski definition) is 7. The predicted molar refractivity (Wildman–Crippen MR) is 124 cm³/mol. The van der Waals surface area contributed by atoms with E-state index in [1.54, 1.807) is 0 Å². The summed E-state index contributed by atoms with van der Waals surface area (Å²) in [5.41, 5.74) is 11.4. The van der Waals surface area contributed by atoms with Gasteiger partial charge >= 0.3 is 11.9 Å². The van der Waals surface area contributed by atoms with E-state index >= 15 is 0 Å². The number of Topliss-reactive ketones (excluding diaryl/α,β-unsaturated/α-hetero) is 1. The summed E-state index contributed by atoms with van der Waals surface area (Å²) in [6.45, 7) is -0.565. The van der Waals surface area contributed by atoms with Crippen LogP contribution in [-0.2, 0) is 35.2 Å². The van der Waals surface area contributed by atoms with Gasteiger partial charge < -0.3 is 37.3 Å². The second-order valence-electron chi connectivity index (χ2n) is 7.60. The zero-order valence-electron chi connectivity index (χ0n) is 18.9. The summed E-state index contributed by atoms with van der Waals surface area (Å²) < 4.78 is 0. The van der Waals surface area contributed by atoms with Gasteiger partial charge in [-0.2, -0.15) is 0 Å². The van der Waals surface area contributed by atoms with Gasteiger partial charge in [-0.3, -0.25) is 28.8 Å². The Balaban J connectivity index is 2.85. The lowest BCUT2D eigenvalue weighted by Crippen LogP contribution is -2.49. The van der Waals surface area contributed by atoms with Crippen LogP contribution in [0, 0.1) is 5.92 Å². The van der Waals surface area contributed by atoms with Gasteiger partial charge in [0.1, 0.15) is 24.4 Å². The Labute approximate surface area is 205 Å². The molecule has 0 spiro atoms. The van der Waals surface area contributed by atoms with Crippen LogP contribution in [0.4, 0.5) is 0 Å². The summed E-state index contributed by atoms with van der Waals surface area (Å²) >= 11 is 0.710. The zero-order valence-corrected chi connectivity index (χ0v) is 19.7. The molecule has 35 heavy (non-hydrogen) atoms. The van der Waals surface area contributed by atoms with Crippen LogP contribution in [0.1, 0.15) is 31.4 Å². The lowest BCUT2D eigenvalue weighted by atomic mass is 9.97. The lowest BCUT2D eigenvalue weighted by molar-refractivity contribution is -0.139. The number of carbonyl (C=O) groups excluding carboxylic acids is 4. The molecule has 0 saturated heterocycles. The van der Waals surface area contributed by atoms with Gasteiger partial charge in [-0.15, -0.1) is 0 Å². The summed E-state index contributed by atoms with van der Waals surface area (Å²) in [6, 6.07) is -2.56. The number of carbonyl (C=O) groups is 6. The van der Waals surface area contributed by atoms with Crippen LogP contribution >= 0.6 is 11.8 Å². The van der Waals surface area contributed by atoms with Gasteiger partial charge in [0, 0.05) is 49.2 Å². The SMILES string of the molecule is NCCC(=O)C[C@@H](Cc1cnc[nH]1)C(=O)SCC(NC(=O)CCC(N)C(=O)O)C(=O)NCC(=O)O. The van der Waals surface area contributed by atoms with E-state index in [2.05, 4.69) is 20.6 Å². The number of thioether (sulfide) groups is 1. The van der Waals surface area contributed by atoms with Crippen molar-refractivity contribution in [2.24, 2.45) is 17.4 Å². The molecule has 0 radical (unpaired) electrons. The number of nitrogens with zero attached hydrogens (tertiary/aromatic N) is 1. The van der Waals surface area contributed by atoms with Crippen molar-refractivity contribution in [3.63, 3.8) is 0 Å². The van der Waals surface area contributed by atoms with Gasteiger partial charge in [0.2, 0.25) is 11.8 Å². The van der Waals surface area contributed by atoms with Crippen LogP contribution in [0.5, 0.6) is 0 Å². The maximum Gasteiger partial charge on any atom is 0.322 e. The zero-order chi connectivity index (χ0) is 26.4. The Bertz CT molecular complexity index is 894. The Morgan fingerprint density at radius 1 is 1.14 bits per heavy atom. The minimum absolute atomic E-state index is 0.0721. The number of ketones is 1. The molecule has 0 fully saturated rings. The van der Waals surface area contributed by atoms with E-state index in [1.807, 2.05) is 0 Å². The number of aromatic amines is 1. The molecule has 1 heterocycles. The number of nitrogens with one attached hydrogen (secondary N) is 3. The number of H-pyrrole nitrogens is 1. The minimum Gasteiger partial charge on any atom is -0.480 e. The fourth-order valence-electron chi connectivity index (χ4n) is 2.87. The second kappa shape index (κ2) is 15.6. The topological polar surface area (TPSA) is 248 Å². The molecule has 9 N–H and O–H groups in total. The van der Waals surface area contributed by atoms with Crippen LogP contribution in [0.3, 0.4) is 0 Å². The molecule has 14 nitrogen and oxygen atoms in total. The molecule has 15 heteroatoms. The van der Waals surface area contributed by atoms with E-state index in [4.69, 9.17) is 21.7 Å². The number of aliphatic carboxylic acids is 2. The number of amides is 2. The predicted octanol–water partition coefficient (Wildman–Crippen LogP) is -1.99. The minimum atomic E-state index is -1.31. The van der Waals surface area contributed by atoms with Crippen LogP contribution in [0.25, 0.3) is 0 Å². The highest BCUT2D eigenvalue weighted by atomic mass is 32.2. The third-order valence-electron chi connectivity index (χ3n) is 4.71. The molecule has 3 atom stereocenters. The third kappa shape index (κ3) is 12.1. The van der Waals surface area contributed by atoms with Crippen molar-refractivity contribution in [3.8, 4) is 0 Å². The van der Waals surface area contributed by atoms with Crippen LogP contribution in [-0.4, -0.2) is 85.8 Å². The monoisotopic (exact) mass is 514 g/mol. The van der Waals surface area contributed by atoms with Crippen molar-refractivity contribution in [1.29, 1.82) is 0 Å². The first-order chi connectivity index (χ1) is 16.5. The summed E-state index contributed by atoms with van der Waals surface area (Å²) in [6.07, 6.45) is 2.68. The van der Waals surface area contributed by atoms with E-state index in [0.29, 0.717) is 17.5 Å². The Morgan fingerprint density at radius 2 is 1.86 bits per heavy atom. The van der Waals surface area contributed by atoms with Gasteiger partial charge in [-0.25, -0.2) is 4.98 Å². The molecule has 0 aliphatic heterocycles. The summed E-state index contributed by atoms with van der Waals surface area (Å²) in [5, 5.41) is 21.7. The number of aromatic nitrogens is 2. The molecule has 2 unspecified atom stereocenters. The fourth-order valence-corrected chi connectivity index (χ4v) is 3.84.